The Morgan fingerprint density at radius 2 is 2.17 bits per heavy atom. The Balaban J connectivity index is 2.23. The number of hydrogen-bond acceptors (Lipinski definition) is 5. The third-order valence-electron chi connectivity index (χ3n) is 2.90. The van der Waals surface area contributed by atoms with Crippen LogP contribution in [0.2, 0.25) is 0 Å². The molecule has 96 valence electrons. The molecule has 0 aliphatic carbocycles. The summed E-state index contributed by atoms with van der Waals surface area (Å²) in [4.78, 5) is 1.04. The first kappa shape index (κ1) is 13.0. The number of rotatable bonds is 4. The van der Waals surface area contributed by atoms with E-state index in [2.05, 4.69) is 22.6 Å². The van der Waals surface area contributed by atoms with Crippen molar-refractivity contribution in [1.29, 1.82) is 0 Å². The van der Waals surface area contributed by atoms with Crippen molar-refractivity contribution < 1.29 is 4.74 Å². The number of hydrogen-bond donors (Lipinski definition) is 1. The van der Waals surface area contributed by atoms with Crippen LogP contribution in [0.1, 0.15) is 27.7 Å². The summed E-state index contributed by atoms with van der Waals surface area (Å²) in [6.07, 6.45) is 0.732. The Labute approximate surface area is 111 Å². The van der Waals surface area contributed by atoms with Gasteiger partial charge in [-0.25, -0.2) is 0 Å². The minimum absolute atomic E-state index is 0.0827. The first-order chi connectivity index (χ1) is 8.61. The summed E-state index contributed by atoms with van der Waals surface area (Å²) in [5.41, 5.74) is 9.47. The normalized spacial score (nSPS) is 12.4. The molecule has 18 heavy (non-hydrogen) atoms. The van der Waals surface area contributed by atoms with Crippen LogP contribution in [-0.2, 0) is 6.42 Å². The lowest BCUT2D eigenvalue weighted by molar-refractivity contribution is 0.408. The van der Waals surface area contributed by atoms with Crippen LogP contribution in [0.4, 0.5) is 0 Å². The van der Waals surface area contributed by atoms with Crippen LogP contribution in [0, 0.1) is 13.8 Å². The molecular weight excluding hydrogens is 246 g/mol. The predicted octanol–water partition coefficient (Wildman–Crippen LogP) is 2.41. The summed E-state index contributed by atoms with van der Waals surface area (Å²) in [6.45, 7) is 4.00. The van der Waals surface area contributed by atoms with Crippen LogP contribution in [0.5, 0.6) is 5.75 Å². The Bertz CT molecular complexity index is 539. The molecule has 4 nitrogen and oxygen atoms in total. The van der Waals surface area contributed by atoms with Crippen molar-refractivity contribution in [2.45, 2.75) is 26.3 Å². The maximum atomic E-state index is 6.22. The van der Waals surface area contributed by atoms with E-state index in [0.29, 0.717) is 0 Å². The molecule has 2 N–H and O–H groups in total. The molecule has 0 radical (unpaired) electrons. The molecule has 0 saturated carbocycles. The molecule has 0 aliphatic rings. The van der Waals surface area contributed by atoms with Crippen LogP contribution in [0.25, 0.3) is 0 Å². The van der Waals surface area contributed by atoms with Crippen molar-refractivity contribution in [3.8, 4) is 5.75 Å². The molecule has 2 aromatic rings. The van der Waals surface area contributed by atoms with Crippen molar-refractivity contribution in [2.24, 2.45) is 5.73 Å². The van der Waals surface area contributed by atoms with Crippen molar-refractivity contribution in [1.82, 2.24) is 9.59 Å². The van der Waals surface area contributed by atoms with Gasteiger partial charge >= 0.3 is 0 Å². The minimum atomic E-state index is -0.0827. The van der Waals surface area contributed by atoms with E-state index in [4.69, 9.17) is 10.5 Å². The molecule has 1 unspecified atom stereocenters. The van der Waals surface area contributed by atoms with Crippen LogP contribution < -0.4 is 10.5 Å². The third-order valence-corrected chi connectivity index (χ3v) is 3.86. The van der Waals surface area contributed by atoms with Crippen LogP contribution in [-0.4, -0.2) is 16.7 Å². The lowest BCUT2D eigenvalue weighted by Crippen LogP contribution is -2.13. The molecule has 0 spiro atoms. The fraction of sp³-hybridized carbons (Fsp3) is 0.385. The Morgan fingerprint density at radius 3 is 2.78 bits per heavy atom. The van der Waals surface area contributed by atoms with Gasteiger partial charge in [0, 0.05) is 6.04 Å². The Hall–Kier alpha value is -1.46. The first-order valence-corrected chi connectivity index (χ1v) is 6.57. The van der Waals surface area contributed by atoms with Gasteiger partial charge in [-0.3, -0.25) is 0 Å². The van der Waals surface area contributed by atoms with Crippen LogP contribution in [0.15, 0.2) is 18.2 Å². The van der Waals surface area contributed by atoms with Crippen molar-refractivity contribution in [3.05, 3.63) is 39.9 Å². The second-order valence-electron chi connectivity index (χ2n) is 4.35. The van der Waals surface area contributed by atoms with E-state index < -0.39 is 0 Å². The van der Waals surface area contributed by atoms with Gasteiger partial charge in [0.1, 0.15) is 5.75 Å². The summed E-state index contributed by atoms with van der Waals surface area (Å²) < 4.78 is 9.29. The molecule has 2 rings (SSSR count). The average Bonchev–Trinajstić information content (AvgIpc) is 2.76. The fourth-order valence-electron chi connectivity index (χ4n) is 1.97. The molecule has 0 aliphatic heterocycles. The molecule has 1 aromatic heterocycles. The van der Waals surface area contributed by atoms with Gasteiger partial charge in [-0.2, -0.15) is 0 Å². The molecule has 5 heteroatoms. The largest absolute Gasteiger partial charge is 0.496 e. The molecule has 0 amide bonds. The number of methoxy groups -OCH3 is 1. The quantitative estimate of drug-likeness (QED) is 0.920. The molecule has 0 bridgehead atoms. The Kier molecular flexibility index (Phi) is 3.93. The van der Waals surface area contributed by atoms with E-state index in [1.165, 1.54) is 17.1 Å². The van der Waals surface area contributed by atoms with E-state index in [1.54, 1.807) is 7.11 Å². The zero-order chi connectivity index (χ0) is 13.1. The van der Waals surface area contributed by atoms with Crippen LogP contribution in [0.3, 0.4) is 0 Å². The summed E-state index contributed by atoms with van der Waals surface area (Å²) >= 11 is 1.37. The van der Waals surface area contributed by atoms with Crippen molar-refractivity contribution in [3.63, 3.8) is 0 Å². The lowest BCUT2D eigenvalue weighted by Gasteiger charge is -2.13. The smallest absolute Gasteiger partial charge is 0.122 e. The standard InChI is InChI=1S/C13H17N3OS/c1-8-4-5-12(17-3)10(6-8)7-11(14)13-9(2)15-16-18-13/h4-6,11H,7,14H2,1-3H3. The van der Waals surface area contributed by atoms with E-state index in [0.717, 1.165) is 28.3 Å². The number of nitrogens with two attached hydrogens (primary N) is 1. The number of aromatic nitrogens is 2. The second-order valence-corrected chi connectivity index (χ2v) is 5.13. The molecular formula is C13H17N3OS. The van der Waals surface area contributed by atoms with Gasteiger partial charge < -0.3 is 10.5 Å². The maximum Gasteiger partial charge on any atom is 0.122 e. The van der Waals surface area contributed by atoms with Gasteiger partial charge in [-0.05, 0) is 43.4 Å². The zero-order valence-corrected chi connectivity index (χ0v) is 11.6. The highest BCUT2D eigenvalue weighted by atomic mass is 32.1. The van der Waals surface area contributed by atoms with Crippen LogP contribution >= 0.6 is 11.5 Å². The van der Waals surface area contributed by atoms with Crippen molar-refractivity contribution in [2.75, 3.05) is 7.11 Å². The van der Waals surface area contributed by atoms with E-state index in [9.17, 15) is 0 Å². The van der Waals surface area contributed by atoms with Gasteiger partial charge in [0.25, 0.3) is 0 Å². The topological polar surface area (TPSA) is 61.0 Å². The molecule has 0 saturated heterocycles. The summed E-state index contributed by atoms with van der Waals surface area (Å²) in [6, 6.07) is 6.05. The van der Waals surface area contributed by atoms with E-state index >= 15 is 0 Å². The minimum Gasteiger partial charge on any atom is -0.496 e. The number of benzene rings is 1. The SMILES string of the molecule is COc1ccc(C)cc1CC(N)c1snnc1C. The van der Waals surface area contributed by atoms with Gasteiger partial charge in [-0.1, -0.05) is 22.2 Å². The molecule has 1 atom stereocenters. The zero-order valence-electron chi connectivity index (χ0n) is 10.8. The summed E-state index contributed by atoms with van der Waals surface area (Å²) in [7, 11) is 1.68. The highest BCUT2D eigenvalue weighted by molar-refractivity contribution is 7.05. The average molecular weight is 263 g/mol. The lowest BCUT2D eigenvalue weighted by atomic mass is 10.0. The summed E-state index contributed by atoms with van der Waals surface area (Å²) in [5, 5.41) is 4.00. The van der Waals surface area contributed by atoms with E-state index in [1.807, 2.05) is 19.1 Å². The molecule has 1 heterocycles. The van der Waals surface area contributed by atoms with Crippen molar-refractivity contribution >= 4 is 11.5 Å². The first-order valence-electron chi connectivity index (χ1n) is 5.79. The van der Waals surface area contributed by atoms with Gasteiger partial charge in [-0.15, -0.1) is 5.10 Å². The van der Waals surface area contributed by atoms with Gasteiger partial charge in [0.05, 0.1) is 17.7 Å². The number of aryl methyl sites for hydroxylation is 2. The fourth-order valence-corrected chi connectivity index (χ4v) is 2.62. The highest BCUT2D eigenvalue weighted by Gasteiger charge is 2.15. The number of ether oxygens (including phenoxy) is 1. The second kappa shape index (κ2) is 5.46. The van der Waals surface area contributed by atoms with Gasteiger partial charge in [0.15, 0.2) is 0 Å². The third kappa shape index (κ3) is 2.68. The summed E-state index contributed by atoms with van der Waals surface area (Å²) in [5.74, 6) is 0.881. The predicted molar refractivity (Wildman–Crippen MR) is 73.0 cm³/mol. The molecule has 1 aromatic carbocycles. The highest BCUT2D eigenvalue weighted by Crippen LogP contribution is 2.27. The Morgan fingerprint density at radius 1 is 1.39 bits per heavy atom. The van der Waals surface area contributed by atoms with E-state index in [-0.39, 0.29) is 6.04 Å². The number of nitrogens with zero attached hydrogens (tertiary/aromatic N) is 2. The monoisotopic (exact) mass is 263 g/mol. The van der Waals surface area contributed by atoms with Gasteiger partial charge in [0.2, 0.25) is 0 Å². The maximum absolute atomic E-state index is 6.22. The molecule has 0 fully saturated rings.